The van der Waals surface area contributed by atoms with Crippen LogP contribution >= 0.6 is 0 Å². The Morgan fingerprint density at radius 3 is 2.59 bits per heavy atom. The summed E-state index contributed by atoms with van der Waals surface area (Å²) in [6.45, 7) is 6.85. The molecular formula is C19H25NO7. The molecule has 2 amide bonds. The Labute approximate surface area is 158 Å². The maximum Gasteiger partial charge on any atom is 0.417 e. The quantitative estimate of drug-likeness (QED) is 0.423. The first-order chi connectivity index (χ1) is 12.6. The van der Waals surface area contributed by atoms with Gasteiger partial charge in [-0.05, 0) is 40.5 Å². The van der Waals surface area contributed by atoms with E-state index < -0.39 is 29.9 Å². The Balaban J connectivity index is 1.80. The van der Waals surface area contributed by atoms with Crippen LogP contribution in [0.3, 0.4) is 0 Å². The summed E-state index contributed by atoms with van der Waals surface area (Å²) in [6.07, 6.45) is 2.03. The largest absolute Gasteiger partial charge is 0.493 e. The summed E-state index contributed by atoms with van der Waals surface area (Å²) in [4.78, 5) is 38.2. The fraction of sp³-hybridized carbons (Fsp3) is 0.632. The number of ether oxygens (including phenoxy) is 4. The molecule has 0 bridgehead atoms. The van der Waals surface area contributed by atoms with Crippen molar-refractivity contribution < 1.29 is 33.3 Å². The zero-order valence-electron chi connectivity index (χ0n) is 16.2. The normalized spacial score (nSPS) is 29.3. The van der Waals surface area contributed by atoms with Gasteiger partial charge in [0.25, 0.3) is 5.91 Å². The van der Waals surface area contributed by atoms with Crippen molar-refractivity contribution in [3.8, 4) is 0 Å². The molecule has 0 aromatic heterocycles. The summed E-state index contributed by atoms with van der Waals surface area (Å²) in [7, 11) is 1.42. The first kappa shape index (κ1) is 19.3. The Bertz CT molecular complexity index is 731. The number of hydrogen-bond donors (Lipinski definition) is 0. The maximum atomic E-state index is 12.9. The highest BCUT2D eigenvalue weighted by Crippen LogP contribution is 2.43. The molecule has 0 N–H and O–H groups in total. The van der Waals surface area contributed by atoms with Crippen LogP contribution in [-0.4, -0.2) is 47.9 Å². The first-order valence-corrected chi connectivity index (χ1v) is 9.02. The van der Waals surface area contributed by atoms with Gasteiger partial charge in [-0.2, -0.15) is 0 Å². The number of esters is 1. The number of methoxy groups -OCH3 is 1. The summed E-state index contributed by atoms with van der Waals surface area (Å²) < 4.78 is 21.2. The van der Waals surface area contributed by atoms with Crippen LogP contribution in [0.15, 0.2) is 23.2 Å². The van der Waals surface area contributed by atoms with E-state index in [1.807, 2.05) is 0 Å². The number of amides is 2. The molecule has 1 saturated heterocycles. The molecule has 8 heteroatoms. The van der Waals surface area contributed by atoms with Gasteiger partial charge in [0.1, 0.15) is 5.60 Å². The monoisotopic (exact) mass is 379 g/mol. The van der Waals surface area contributed by atoms with Gasteiger partial charge in [0.2, 0.25) is 0 Å². The molecule has 0 radical (unpaired) electrons. The second kappa shape index (κ2) is 6.90. The third kappa shape index (κ3) is 3.52. The molecule has 3 rings (SSSR count). The van der Waals surface area contributed by atoms with E-state index in [0.29, 0.717) is 11.1 Å². The van der Waals surface area contributed by atoms with E-state index in [9.17, 15) is 14.4 Å². The highest BCUT2D eigenvalue weighted by Gasteiger charge is 2.51. The number of imide groups is 1. The number of cyclic esters (lactones) is 1. The molecule has 0 aromatic carbocycles. The Morgan fingerprint density at radius 1 is 1.26 bits per heavy atom. The average Bonchev–Trinajstić information content (AvgIpc) is 3.18. The second-order valence-corrected chi connectivity index (χ2v) is 7.90. The van der Waals surface area contributed by atoms with Crippen molar-refractivity contribution in [3.63, 3.8) is 0 Å². The number of hydrogen-bond acceptors (Lipinski definition) is 7. The van der Waals surface area contributed by atoms with Crippen molar-refractivity contribution >= 4 is 18.0 Å². The minimum absolute atomic E-state index is 0.113. The standard InChI is InChI=1S/C19H25NO7/c1-10-14(24-5)17(26-16(10)22)25-9-12-11-7-6-8-13(11)20(15(12)21)18(23)27-19(2,3)4/h9,11,13,17H,6-8H2,1-5H3/b12-9+/t11-,13-,17?/m1/s1. The van der Waals surface area contributed by atoms with Gasteiger partial charge >= 0.3 is 18.4 Å². The number of carbonyl (C=O) groups excluding carboxylic acids is 3. The van der Waals surface area contributed by atoms with Gasteiger partial charge in [0.15, 0.2) is 5.76 Å². The highest BCUT2D eigenvalue weighted by atomic mass is 16.7. The van der Waals surface area contributed by atoms with Crippen LogP contribution in [0.2, 0.25) is 0 Å². The Morgan fingerprint density at radius 2 is 1.96 bits per heavy atom. The van der Waals surface area contributed by atoms with E-state index in [1.54, 1.807) is 27.7 Å². The van der Waals surface area contributed by atoms with Crippen molar-refractivity contribution in [2.75, 3.05) is 7.11 Å². The van der Waals surface area contributed by atoms with Crippen LogP contribution < -0.4 is 0 Å². The summed E-state index contributed by atoms with van der Waals surface area (Å²) >= 11 is 0. The molecular weight excluding hydrogens is 354 g/mol. The van der Waals surface area contributed by atoms with Crippen molar-refractivity contribution in [3.05, 3.63) is 23.2 Å². The van der Waals surface area contributed by atoms with Crippen LogP contribution in [-0.2, 0) is 28.5 Å². The lowest BCUT2D eigenvalue weighted by Gasteiger charge is -2.26. The maximum absolute atomic E-state index is 12.9. The van der Waals surface area contributed by atoms with Gasteiger partial charge in [-0.3, -0.25) is 4.79 Å². The number of fused-ring (bicyclic) bond motifs is 1. The molecule has 1 unspecified atom stereocenters. The second-order valence-electron chi connectivity index (χ2n) is 7.90. The molecule has 2 heterocycles. The Kier molecular flexibility index (Phi) is 4.92. The predicted molar refractivity (Wildman–Crippen MR) is 93.0 cm³/mol. The molecule has 27 heavy (non-hydrogen) atoms. The van der Waals surface area contributed by atoms with E-state index in [2.05, 4.69) is 0 Å². The number of carbonyl (C=O) groups is 3. The Hall–Kier alpha value is -2.51. The molecule has 0 aromatic rings. The summed E-state index contributed by atoms with van der Waals surface area (Å²) in [5, 5.41) is 0. The highest BCUT2D eigenvalue weighted by molar-refractivity contribution is 6.05. The van der Waals surface area contributed by atoms with Crippen molar-refractivity contribution in [2.24, 2.45) is 5.92 Å². The zero-order valence-corrected chi connectivity index (χ0v) is 16.2. The van der Waals surface area contributed by atoms with E-state index in [1.165, 1.54) is 18.3 Å². The van der Waals surface area contributed by atoms with E-state index in [4.69, 9.17) is 18.9 Å². The fourth-order valence-corrected chi connectivity index (χ4v) is 3.72. The molecule has 2 fully saturated rings. The lowest BCUT2D eigenvalue weighted by molar-refractivity contribution is -0.155. The lowest BCUT2D eigenvalue weighted by atomic mass is 9.99. The van der Waals surface area contributed by atoms with Gasteiger partial charge in [-0.25, -0.2) is 14.5 Å². The van der Waals surface area contributed by atoms with Gasteiger partial charge in [-0.15, -0.1) is 0 Å². The number of likely N-dealkylation sites (tertiary alicyclic amines) is 1. The van der Waals surface area contributed by atoms with Gasteiger partial charge in [0, 0.05) is 5.92 Å². The van der Waals surface area contributed by atoms with Crippen molar-refractivity contribution in [1.82, 2.24) is 4.90 Å². The molecule has 1 aliphatic carbocycles. The minimum atomic E-state index is -1.03. The van der Waals surface area contributed by atoms with Crippen LogP contribution in [0.5, 0.6) is 0 Å². The van der Waals surface area contributed by atoms with Crippen LogP contribution in [0, 0.1) is 5.92 Å². The van der Waals surface area contributed by atoms with E-state index in [-0.39, 0.29) is 17.7 Å². The molecule has 148 valence electrons. The first-order valence-electron chi connectivity index (χ1n) is 9.02. The summed E-state index contributed by atoms with van der Waals surface area (Å²) in [5.41, 5.74) is 0.0227. The van der Waals surface area contributed by atoms with Crippen LogP contribution in [0.25, 0.3) is 0 Å². The smallest absolute Gasteiger partial charge is 0.417 e. The van der Waals surface area contributed by atoms with Crippen LogP contribution in [0.1, 0.15) is 47.0 Å². The third-order valence-electron chi connectivity index (χ3n) is 4.91. The lowest BCUT2D eigenvalue weighted by Crippen LogP contribution is -2.42. The predicted octanol–water partition coefficient (Wildman–Crippen LogP) is 2.64. The average molecular weight is 379 g/mol. The third-order valence-corrected chi connectivity index (χ3v) is 4.91. The molecule has 0 spiro atoms. The molecule has 3 atom stereocenters. The van der Waals surface area contributed by atoms with E-state index in [0.717, 1.165) is 19.3 Å². The zero-order chi connectivity index (χ0) is 19.9. The van der Waals surface area contributed by atoms with Crippen LogP contribution in [0.4, 0.5) is 4.79 Å². The topological polar surface area (TPSA) is 91.4 Å². The summed E-state index contributed by atoms with van der Waals surface area (Å²) in [6, 6.07) is -0.229. The fourth-order valence-electron chi connectivity index (χ4n) is 3.72. The summed E-state index contributed by atoms with van der Waals surface area (Å²) in [5.74, 6) is -0.794. The van der Waals surface area contributed by atoms with Gasteiger partial charge in [-0.1, -0.05) is 6.42 Å². The number of rotatable bonds is 3. The van der Waals surface area contributed by atoms with Gasteiger partial charge < -0.3 is 18.9 Å². The SMILES string of the molecule is COC1=C(C)C(=O)OC1O/C=C1/C(=O)N(C(=O)OC(C)(C)C)[C@@H]2CCC[C@H]12. The van der Waals surface area contributed by atoms with Crippen molar-refractivity contribution in [2.45, 2.75) is 64.9 Å². The number of nitrogens with zero attached hydrogens (tertiary/aromatic N) is 1. The molecule has 2 aliphatic heterocycles. The minimum Gasteiger partial charge on any atom is -0.493 e. The molecule has 3 aliphatic rings. The van der Waals surface area contributed by atoms with E-state index >= 15 is 0 Å². The van der Waals surface area contributed by atoms with Crippen molar-refractivity contribution in [1.29, 1.82) is 0 Å². The molecule has 8 nitrogen and oxygen atoms in total. The molecule has 1 saturated carbocycles. The van der Waals surface area contributed by atoms with Gasteiger partial charge in [0.05, 0.1) is 30.6 Å².